The van der Waals surface area contributed by atoms with Crippen molar-refractivity contribution in [2.45, 2.75) is 17.4 Å². The molecule has 2 N–H and O–H groups in total. The van der Waals surface area contributed by atoms with Gasteiger partial charge in [0.1, 0.15) is 0 Å². The Morgan fingerprint density at radius 2 is 1.80 bits per heavy atom. The minimum atomic E-state index is -3.87. The van der Waals surface area contributed by atoms with Gasteiger partial charge in [-0.3, -0.25) is 4.79 Å². The van der Waals surface area contributed by atoms with E-state index in [1.54, 1.807) is 12.1 Å². The van der Waals surface area contributed by atoms with E-state index in [0.29, 0.717) is 9.50 Å². The van der Waals surface area contributed by atoms with Crippen LogP contribution in [0.25, 0.3) is 0 Å². The van der Waals surface area contributed by atoms with Gasteiger partial charge in [0.05, 0.1) is 21.4 Å². The summed E-state index contributed by atoms with van der Waals surface area (Å²) in [6, 6.07) is 10.3. The number of sulfone groups is 1. The first kappa shape index (κ1) is 20.2. The lowest BCUT2D eigenvalue weighted by atomic mass is 10.1. The standard InChI is InChI=1S/C16H14BrCl2NO4S/c1-16(22,9-25(23,24)12-5-2-10(17)3-6-12)15(21)20-14-7-4-11(18)8-13(14)19/h2-8,22H,9H2,1H3,(H,20,21). The molecular weight excluding hydrogens is 453 g/mol. The summed E-state index contributed by atoms with van der Waals surface area (Å²) in [7, 11) is -3.87. The number of carbonyl (C=O) groups is 1. The molecule has 2 rings (SSSR count). The Balaban J connectivity index is 2.19. The molecule has 2 aromatic carbocycles. The topological polar surface area (TPSA) is 83.5 Å². The number of nitrogens with one attached hydrogen (secondary N) is 1. The summed E-state index contributed by atoms with van der Waals surface area (Å²) >= 11 is 15.0. The zero-order valence-corrected chi connectivity index (χ0v) is 16.9. The molecule has 5 nitrogen and oxygen atoms in total. The predicted octanol–water partition coefficient (Wildman–Crippen LogP) is 3.92. The zero-order valence-electron chi connectivity index (χ0n) is 13.0. The lowest BCUT2D eigenvalue weighted by Gasteiger charge is -2.22. The van der Waals surface area contributed by atoms with Crippen molar-refractivity contribution in [2.75, 3.05) is 11.1 Å². The number of halogens is 3. The molecule has 1 atom stereocenters. The first-order valence-electron chi connectivity index (χ1n) is 6.98. The van der Waals surface area contributed by atoms with Crippen molar-refractivity contribution in [1.82, 2.24) is 0 Å². The summed E-state index contributed by atoms with van der Waals surface area (Å²) < 4.78 is 25.6. The second kappa shape index (κ2) is 7.63. The van der Waals surface area contributed by atoms with Gasteiger partial charge in [0.25, 0.3) is 5.91 Å². The monoisotopic (exact) mass is 465 g/mol. The average Bonchev–Trinajstić information content (AvgIpc) is 2.49. The Morgan fingerprint density at radius 1 is 1.20 bits per heavy atom. The average molecular weight is 467 g/mol. The number of carbonyl (C=O) groups excluding carboxylic acids is 1. The van der Waals surface area contributed by atoms with Crippen LogP contribution in [0, 0.1) is 0 Å². The van der Waals surface area contributed by atoms with Crippen LogP contribution in [0.3, 0.4) is 0 Å². The minimum absolute atomic E-state index is 0.00769. The summed E-state index contributed by atoms with van der Waals surface area (Å²) in [5.41, 5.74) is -1.94. The zero-order chi connectivity index (χ0) is 18.8. The Kier molecular flexibility index (Phi) is 6.17. The fourth-order valence-electron chi connectivity index (χ4n) is 2.01. The molecule has 0 bridgehead atoms. The molecule has 1 amide bonds. The molecule has 0 radical (unpaired) electrons. The van der Waals surface area contributed by atoms with Crippen LogP contribution in [0.2, 0.25) is 10.0 Å². The van der Waals surface area contributed by atoms with Crippen molar-refractivity contribution in [3.63, 3.8) is 0 Å². The Labute approximate surface area is 164 Å². The van der Waals surface area contributed by atoms with Crippen LogP contribution in [0.5, 0.6) is 0 Å². The molecule has 0 aliphatic carbocycles. The van der Waals surface area contributed by atoms with Crippen LogP contribution in [-0.4, -0.2) is 30.8 Å². The molecule has 0 saturated carbocycles. The molecule has 0 aliphatic heterocycles. The van der Waals surface area contributed by atoms with E-state index < -0.39 is 27.1 Å². The van der Waals surface area contributed by atoms with Crippen molar-refractivity contribution < 1.29 is 18.3 Å². The molecule has 0 spiro atoms. The lowest BCUT2D eigenvalue weighted by molar-refractivity contribution is -0.130. The molecule has 1 unspecified atom stereocenters. The third-order valence-electron chi connectivity index (χ3n) is 3.31. The SMILES string of the molecule is CC(O)(CS(=O)(=O)c1ccc(Br)cc1)C(=O)Nc1ccc(Cl)cc1Cl. The van der Waals surface area contributed by atoms with Crippen LogP contribution in [-0.2, 0) is 14.6 Å². The molecule has 0 heterocycles. The molecule has 0 aromatic heterocycles. The quantitative estimate of drug-likeness (QED) is 0.699. The smallest absolute Gasteiger partial charge is 0.257 e. The highest BCUT2D eigenvalue weighted by molar-refractivity contribution is 9.10. The first-order chi connectivity index (χ1) is 11.5. The van der Waals surface area contributed by atoms with E-state index in [0.717, 1.165) is 6.92 Å². The van der Waals surface area contributed by atoms with Crippen LogP contribution < -0.4 is 5.32 Å². The number of amides is 1. The van der Waals surface area contributed by atoms with Gasteiger partial charge in [0.15, 0.2) is 15.4 Å². The van der Waals surface area contributed by atoms with Crippen molar-refractivity contribution in [3.8, 4) is 0 Å². The van der Waals surface area contributed by atoms with Gasteiger partial charge < -0.3 is 10.4 Å². The van der Waals surface area contributed by atoms with E-state index in [2.05, 4.69) is 21.2 Å². The maximum atomic E-state index is 12.4. The van der Waals surface area contributed by atoms with Crippen molar-refractivity contribution in [1.29, 1.82) is 0 Å². The number of anilines is 1. The first-order valence-corrected chi connectivity index (χ1v) is 10.2. The van der Waals surface area contributed by atoms with Gasteiger partial charge in [0.2, 0.25) is 0 Å². The Morgan fingerprint density at radius 3 is 2.36 bits per heavy atom. The molecule has 0 aliphatic rings. The van der Waals surface area contributed by atoms with Crippen LogP contribution in [0.15, 0.2) is 51.8 Å². The van der Waals surface area contributed by atoms with Crippen LogP contribution >= 0.6 is 39.1 Å². The Hall–Kier alpha value is -1.12. The number of rotatable bonds is 5. The molecule has 9 heteroatoms. The van der Waals surface area contributed by atoms with E-state index >= 15 is 0 Å². The highest BCUT2D eigenvalue weighted by atomic mass is 79.9. The van der Waals surface area contributed by atoms with Crippen LogP contribution in [0.4, 0.5) is 5.69 Å². The van der Waals surface area contributed by atoms with E-state index in [4.69, 9.17) is 23.2 Å². The van der Waals surface area contributed by atoms with E-state index in [9.17, 15) is 18.3 Å². The number of hydrogen-bond donors (Lipinski definition) is 2. The summed E-state index contributed by atoms with van der Waals surface area (Å²) in [6.45, 7) is 1.13. The highest BCUT2D eigenvalue weighted by Gasteiger charge is 2.37. The third kappa shape index (κ3) is 5.18. The predicted molar refractivity (Wildman–Crippen MR) is 102 cm³/mol. The van der Waals surface area contributed by atoms with Gasteiger partial charge in [-0.05, 0) is 49.4 Å². The normalized spacial score (nSPS) is 14.0. The molecule has 25 heavy (non-hydrogen) atoms. The number of benzene rings is 2. The summed E-state index contributed by atoms with van der Waals surface area (Å²) in [4.78, 5) is 12.3. The van der Waals surface area contributed by atoms with Gasteiger partial charge in [0, 0.05) is 9.50 Å². The maximum Gasteiger partial charge on any atom is 0.257 e. The van der Waals surface area contributed by atoms with Gasteiger partial charge in [-0.1, -0.05) is 39.1 Å². The number of aliphatic hydroxyl groups is 1. The minimum Gasteiger partial charge on any atom is -0.379 e. The van der Waals surface area contributed by atoms with Crippen molar-refractivity contribution >= 4 is 60.6 Å². The summed E-state index contributed by atoms with van der Waals surface area (Å²) in [5.74, 6) is -1.67. The number of hydrogen-bond acceptors (Lipinski definition) is 4. The molecular formula is C16H14BrCl2NO4S. The summed E-state index contributed by atoms with van der Waals surface area (Å²) in [6.07, 6.45) is 0. The highest BCUT2D eigenvalue weighted by Crippen LogP contribution is 2.27. The molecule has 134 valence electrons. The van der Waals surface area contributed by atoms with Gasteiger partial charge >= 0.3 is 0 Å². The summed E-state index contributed by atoms with van der Waals surface area (Å²) in [5, 5.41) is 13.3. The fourth-order valence-corrected chi connectivity index (χ4v) is 4.32. The van der Waals surface area contributed by atoms with Gasteiger partial charge in [-0.25, -0.2) is 8.42 Å². The second-order valence-electron chi connectivity index (χ2n) is 5.57. The maximum absolute atomic E-state index is 12.4. The fraction of sp³-hybridized carbons (Fsp3) is 0.188. The lowest BCUT2D eigenvalue weighted by Crippen LogP contribution is -2.45. The van der Waals surface area contributed by atoms with E-state index in [-0.39, 0.29) is 15.6 Å². The largest absolute Gasteiger partial charge is 0.379 e. The van der Waals surface area contributed by atoms with Gasteiger partial charge in [-0.2, -0.15) is 0 Å². The second-order valence-corrected chi connectivity index (χ2v) is 9.31. The molecule has 2 aromatic rings. The van der Waals surface area contributed by atoms with Crippen LogP contribution in [0.1, 0.15) is 6.92 Å². The van der Waals surface area contributed by atoms with E-state index in [1.807, 2.05) is 0 Å². The third-order valence-corrected chi connectivity index (χ3v) is 6.32. The Bertz CT molecular complexity index is 899. The molecule has 0 fully saturated rings. The van der Waals surface area contributed by atoms with Crippen molar-refractivity contribution in [3.05, 3.63) is 57.0 Å². The molecule has 0 saturated heterocycles. The van der Waals surface area contributed by atoms with E-state index in [1.165, 1.54) is 30.3 Å². The van der Waals surface area contributed by atoms with Crippen molar-refractivity contribution in [2.24, 2.45) is 0 Å². The van der Waals surface area contributed by atoms with Gasteiger partial charge in [-0.15, -0.1) is 0 Å².